The van der Waals surface area contributed by atoms with Crippen molar-refractivity contribution in [1.82, 2.24) is 9.97 Å². The maximum absolute atomic E-state index is 10.8. The van der Waals surface area contributed by atoms with Crippen LogP contribution in [0.4, 0.5) is 11.4 Å². The second-order valence-corrected chi connectivity index (χ2v) is 4.24. The number of nitrogens with zero attached hydrogens (tertiary/aromatic N) is 1. The van der Waals surface area contributed by atoms with E-state index in [0.717, 1.165) is 0 Å². The van der Waals surface area contributed by atoms with Gasteiger partial charge in [0, 0.05) is 23.6 Å². The van der Waals surface area contributed by atoms with Crippen LogP contribution in [0.5, 0.6) is 5.75 Å². The molecule has 5 N–H and O–H groups in total. The van der Waals surface area contributed by atoms with Crippen LogP contribution in [0.15, 0.2) is 30.7 Å². The van der Waals surface area contributed by atoms with Crippen molar-refractivity contribution in [2.45, 2.75) is 6.42 Å². The highest BCUT2D eigenvalue weighted by molar-refractivity contribution is 5.95. The van der Waals surface area contributed by atoms with Crippen molar-refractivity contribution in [2.75, 3.05) is 17.7 Å². The quantitative estimate of drug-likeness (QED) is 0.610. The van der Waals surface area contributed by atoms with E-state index in [-0.39, 0.29) is 31.3 Å². The third-order valence-electron chi connectivity index (χ3n) is 2.54. The van der Waals surface area contributed by atoms with Crippen molar-refractivity contribution >= 4 is 35.7 Å². The molecule has 9 heteroatoms. The average molecular weight is 327 g/mol. The largest absolute Gasteiger partial charge is 0.482 e. The Bertz CT molecular complexity index is 645. The number of aliphatic carboxylic acids is 1. The van der Waals surface area contributed by atoms with Crippen LogP contribution in [0.2, 0.25) is 0 Å². The van der Waals surface area contributed by atoms with E-state index in [9.17, 15) is 9.59 Å². The molecule has 0 unspecified atom stereocenters. The Morgan fingerprint density at radius 3 is 2.86 bits per heavy atom. The summed E-state index contributed by atoms with van der Waals surface area (Å²) in [6, 6.07) is 5.13. The van der Waals surface area contributed by atoms with Crippen LogP contribution in [0, 0.1) is 0 Å². The summed E-state index contributed by atoms with van der Waals surface area (Å²) in [5.74, 6) is -0.346. The Kier molecular flexibility index (Phi) is 6.21. The van der Waals surface area contributed by atoms with Crippen molar-refractivity contribution in [3.8, 4) is 5.75 Å². The van der Waals surface area contributed by atoms with Crippen LogP contribution in [-0.4, -0.2) is 33.6 Å². The Morgan fingerprint density at radius 2 is 2.23 bits per heavy atom. The first kappa shape index (κ1) is 17.3. The van der Waals surface area contributed by atoms with Crippen LogP contribution >= 0.6 is 12.4 Å². The molecule has 1 amide bonds. The summed E-state index contributed by atoms with van der Waals surface area (Å²) in [6.07, 6.45) is 2.96. The number of carbonyl (C=O) groups is 2. The third kappa shape index (κ3) is 4.98. The molecule has 3 rings (SSSR count). The van der Waals surface area contributed by atoms with Crippen LogP contribution in [0.1, 0.15) is 5.69 Å². The smallest absolute Gasteiger partial charge is 0.309 e. The van der Waals surface area contributed by atoms with Gasteiger partial charge in [-0.3, -0.25) is 9.59 Å². The number of aromatic nitrogens is 2. The lowest BCUT2D eigenvalue weighted by atomic mass is 10.2. The molecular weight excluding hydrogens is 312 g/mol. The fraction of sp³-hybridized carbons (Fsp3) is 0.154. The molecule has 0 saturated carbocycles. The number of fused-ring (bicyclic) bond motifs is 1. The number of anilines is 2. The second-order valence-electron chi connectivity index (χ2n) is 4.24. The molecule has 2 heterocycles. The molecule has 0 radical (unpaired) electrons. The number of carboxylic acids is 1. The highest BCUT2D eigenvalue weighted by atomic mass is 35.5. The molecule has 22 heavy (non-hydrogen) atoms. The molecule has 0 saturated heterocycles. The van der Waals surface area contributed by atoms with Gasteiger partial charge in [0.15, 0.2) is 6.61 Å². The van der Waals surface area contributed by atoms with Crippen LogP contribution in [0.3, 0.4) is 0 Å². The van der Waals surface area contributed by atoms with Crippen molar-refractivity contribution in [3.05, 3.63) is 36.4 Å². The van der Waals surface area contributed by atoms with Gasteiger partial charge in [0.05, 0.1) is 18.4 Å². The normalized spacial score (nSPS) is 11.7. The first-order valence-electron chi connectivity index (χ1n) is 6.06. The van der Waals surface area contributed by atoms with E-state index in [0.29, 0.717) is 22.8 Å². The number of carbonyl (C=O) groups excluding carboxylic acids is 1. The predicted octanol–water partition coefficient (Wildman–Crippen LogP) is 1.06. The number of imidazole rings is 1. The van der Waals surface area contributed by atoms with Gasteiger partial charge in [0.1, 0.15) is 5.75 Å². The zero-order valence-corrected chi connectivity index (χ0v) is 12.2. The zero-order chi connectivity index (χ0) is 15.2. The lowest BCUT2D eigenvalue weighted by Gasteiger charge is -2.17. The standard InChI is InChI=1S/C8H8N2O2.C5H6N2O2.ClH/c9-5-1-2-6-7(3-5)12-4-8(11)10-6;8-5(9)1-4-2-6-3-7-4;/h1-3H,4,9H2,(H,10,11);2-3H,1H2,(H,6,7)(H,8,9);1H. The Morgan fingerprint density at radius 1 is 1.45 bits per heavy atom. The van der Waals surface area contributed by atoms with Crippen LogP contribution in [0.25, 0.3) is 0 Å². The lowest BCUT2D eigenvalue weighted by Crippen LogP contribution is -2.25. The van der Waals surface area contributed by atoms with Gasteiger partial charge < -0.3 is 25.9 Å². The number of amides is 1. The number of aromatic amines is 1. The van der Waals surface area contributed by atoms with E-state index < -0.39 is 5.97 Å². The number of carboxylic acid groups (broad SMARTS) is 1. The van der Waals surface area contributed by atoms with Crippen molar-refractivity contribution in [2.24, 2.45) is 0 Å². The molecule has 0 fully saturated rings. The summed E-state index contributed by atoms with van der Waals surface area (Å²) in [7, 11) is 0. The number of nitrogens with one attached hydrogen (secondary N) is 2. The molecular formula is C13H15ClN4O4. The Balaban J connectivity index is 0.000000219. The van der Waals surface area contributed by atoms with E-state index in [1.165, 1.54) is 12.5 Å². The molecule has 1 aliphatic heterocycles. The van der Waals surface area contributed by atoms with Gasteiger partial charge in [0.25, 0.3) is 5.91 Å². The van der Waals surface area contributed by atoms with Gasteiger partial charge in [0.2, 0.25) is 0 Å². The first-order valence-corrected chi connectivity index (χ1v) is 6.06. The number of nitrogen functional groups attached to an aromatic ring is 1. The van der Waals surface area contributed by atoms with E-state index in [4.69, 9.17) is 15.6 Å². The van der Waals surface area contributed by atoms with Crippen molar-refractivity contribution < 1.29 is 19.4 Å². The summed E-state index contributed by atoms with van der Waals surface area (Å²) in [5, 5.41) is 10.9. The summed E-state index contributed by atoms with van der Waals surface area (Å²) in [4.78, 5) is 27.2. The number of nitrogens with two attached hydrogens (primary N) is 1. The molecule has 0 spiro atoms. The Labute approximate surface area is 132 Å². The number of hydrogen-bond acceptors (Lipinski definition) is 5. The van der Waals surface area contributed by atoms with Crippen molar-refractivity contribution in [1.29, 1.82) is 0 Å². The van der Waals surface area contributed by atoms with E-state index in [2.05, 4.69) is 15.3 Å². The molecule has 0 aliphatic carbocycles. The van der Waals surface area contributed by atoms with Gasteiger partial charge >= 0.3 is 5.97 Å². The number of H-pyrrole nitrogens is 1. The van der Waals surface area contributed by atoms with E-state index in [1.54, 1.807) is 18.2 Å². The fourth-order valence-electron chi connectivity index (χ4n) is 1.64. The summed E-state index contributed by atoms with van der Waals surface area (Å²) < 4.78 is 5.12. The third-order valence-corrected chi connectivity index (χ3v) is 2.54. The van der Waals surface area contributed by atoms with Gasteiger partial charge in [-0.25, -0.2) is 4.98 Å². The lowest BCUT2D eigenvalue weighted by molar-refractivity contribution is -0.136. The van der Waals surface area contributed by atoms with Gasteiger partial charge in [-0.05, 0) is 12.1 Å². The molecule has 1 aromatic heterocycles. The molecule has 1 aromatic carbocycles. The second kappa shape index (κ2) is 7.89. The molecule has 2 aromatic rings. The highest BCUT2D eigenvalue weighted by Crippen LogP contribution is 2.29. The summed E-state index contributed by atoms with van der Waals surface area (Å²) in [6.45, 7) is 0.0659. The molecule has 1 aliphatic rings. The summed E-state index contributed by atoms with van der Waals surface area (Å²) >= 11 is 0. The SMILES string of the molecule is Cl.Nc1ccc2c(c1)OCC(=O)N2.O=C(O)Cc1cnc[nH]1. The number of hydrogen-bond donors (Lipinski definition) is 4. The van der Waals surface area contributed by atoms with E-state index >= 15 is 0 Å². The maximum Gasteiger partial charge on any atom is 0.309 e. The minimum Gasteiger partial charge on any atom is -0.482 e. The minimum absolute atomic E-state index is 0. The monoisotopic (exact) mass is 326 g/mol. The molecule has 0 atom stereocenters. The number of rotatable bonds is 2. The fourth-order valence-corrected chi connectivity index (χ4v) is 1.64. The highest BCUT2D eigenvalue weighted by Gasteiger charge is 2.14. The Hall–Kier alpha value is -2.74. The maximum atomic E-state index is 10.8. The van der Waals surface area contributed by atoms with Gasteiger partial charge in [-0.1, -0.05) is 0 Å². The number of ether oxygens (including phenoxy) is 1. The van der Waals surface area contributed by atoms with Crippen molar-refractivity contribution in [3.63, 3.8) is 0 Å². The number of halogens is 1. The molecule has 0 bridgehead atoms. The van der Waals surface area contributed by atoms with Crippen LogP contribution < -0.4 is 15.8 Å². The molecule has 118 valence electrons. The van der Waals surface area contributed by atoms with Gasteiger partial charge in [-0.15, -0.1) is 12.4 Å². The molecule has 8 nitrogen and oxygen atoms in total. The predicted molar refractivity (Wildman–Crippen MR) is 82.2 cm³/mol. The van der Waals surface area contributed by atoms with Crippen LogP contribution in [-0.2, 0) is 16.0 Å². The summed E-state index contributed by atoms with van der Waals surface area (Å²) in [5.41, 5.74) is 7.46. The van der Waals surface area contributed by atoms with Gasteiger partial charge in [-0.2, -0.15) is 0 Å². The number of benzene rings is 1. The zero-order valence-electron chi connectivity index (χ0n) is 11.4. The average Bonchev–Trinajstić information content (AvgIpc) is 2.92. The first-order chi connectivity index (χ1) is 10.0. The van der Waals surface area contributed by atoms with E-state index in [1.807, 2.05) is 0 Å². The topological polar surface area (TPSA) is 130 Å². The minimum atomic E-state index is -0.848.